The van der Waals surface area contributed by atoms with Crippen molar-refractivity contribution in [3.05, 3.63) is 76.1 Å². The Morgan fingerprint density at radius 3 is 2.54 bits per heavy atom. The van der Waals surface area contributed by atoms with Crippen LogP contribution in [0.4, 0.5) is 4.39 Å². The van der Waals surface area contributed by atoms with Crippen LogP contribution in [0.3, 0.4) is 0 Å². The van der Waals surface area contributed by atoms with Gasteiger partial charge in [-0.3, -0.25) is 14.2 Å². The van der Waals surface area contributed by atoms with Crippen molar-refractivity contribution in [1.29, 1.82) is 0 Å². The molecule has 0 fully saturated rings. The fraction of sp³-hybridized carbons (Fsp3) is 0.250. The molecule has 134 valence electrons. The maximum Gasteiger partial charge on any atom is 0.261 e. The molecule has 0 radical (unpaired) electrons. The summed E-state index contributed by atoms with van der Waals surface area (Å²) >= 11 is 0. The Morgan fingerprint density at radius 1 is 1.19 bits per heavy atom. The van der Waals surface area contributed by atoms with Crippen LogP contribution in [-0.2, 0) is 11.3 Å². The van der Waals surface area contributed by atoms with E-state index < -0.39 is 0 Å². The molecule has 0 saturated carbocycles. The van der Waals surface area contributed by atoms with Crippen molar-refractivity contribution in [2.75, 3.05) is 7.05 Å². The van der Waals surface area contributed by atoms with Gasteiger partial charge in [-0.25, -0.2) is 9.37 Å². The maximum absolute atomic E-state index is 13.1. The van der Waals surface area contributed by atoms with E-state index >= 15 is 0 Å². The number of para-hydroxylation sites is 1. The molecule has 1 heterocycles. The topological polar surface area (TPSA) is 55.2 Å². The lowest BCUT2D eigenvalue weighted by Gasteiger charge is -2.26. The van der Waals surface area contributed by atoms with Crippen LogP contribution in [0.25, 0.3) is 10.9 Å². The summed E-state index contributed by atoms with van der Waals surface area (Å²) in [5, 5.41) is 0.486. The minimum absolute atomic E-state index is 0.0927. The normalized spacial score (nSPS) is 12.2. The Kier molecular flexibility index (Phi) is 4.84. The second-order valence-corrected chi connectivity index (χ2v) is 6.30. The SMILES string of the molecule is Cc1nc2ccccc2c(=O)n1CC(=O)N(C)[C@H](C)c1ccc(F)cc1. The summed E-state index contributed by atoms with van der Waals surface area (Å²) in [5.74, 6) is -0.0478. The number of aromatic nitrogens is 2. The molecule has 3 aromatic rings. The van der Waals surface area contributed by atoms with Gasteiger partial charge in [-0.2, -0.15) is 0 Å². The molecule has 6 heteroatoms. The second kappa shape index (κ2) is 7.07. The van der Waals surface area contributed by atoms with Crippen LogP contribution in [-0.4, -0.2) is 27.4 Å². The summed E-state index contributed by atoms with van der Waals surface area (Å²) in [6.07, 6.45) is 0. The number of amides is 1. The van der Waals surface area contributed by atoms with Crippen LogP contribution in [0.15, 0.2) is 53.3 Å². The minimum atomic E-state index is -0.320. The zero-order chi connectivity index (χ0) is 18.8. The lowest BCUT2D eigenvalue weighted by Crippen LogP contribution is -2.36. The third-order valence-corrected chi connectivity index (χ3v) is 4.67. The number of rotatable bonds is 4. The van der Waals surface area contributed by atoms with E-state index in [0.29, 0.717) is 16.7 Å². The summed E-state index contributed by atoms with van der Waals surface area (Å²) < 4.78 is 14.5. The minimum Gasteiger partial charge on any atom is -0.337 e. The quantitative estimate of drug-likeness (QED) is 0.724. The van der Waals surface area contributed by atoms with Gasteiger partial charge in [-0.15, -0.1) is 0 Å². The Hall–Kier alpha value is -3.02. The van der Waals surface area contributed by atoms with Crippen molar-refractivity contribution < 1.29 is 9.18 Å². The van der Waals surface area contributed by atoms with Gasteiger partial charge in [0.05, 0.1) is 16.9 Å². The van der Waals surface area contributed by atoms with Gasteiger partial charge in [0.2, 0.25) is 5.91 Å². The van der Waals surface area contributed by atoms with Crippen molar-refractivity contribution >= 4 is 16.8 Å². The highest BCUT2D eigenvalue weighted by molar-refractivity contribution is 5.79. The summed E-state index contributed by atoms with van der Waals surface area (Å²) in [5.41, 5.74) is 1.21. The lowest BCUT2D eigenvalue weighted by molar-refractivity contribution is -0.132. The fourth-order valence-corrected chi connectivity index (χ4v) is 2.89. The van der Waals surface area contributed by atoms with E-state index in [4.69, 9.17) is 0 Å². The molecule has 3 rings (SSSR count). The van der Waals surface area contributed by atoms with E-state index in [2.05, 4.69) is 4.98 Å². The van der Waals surface area contributed by atoms with E-state index in [1.807, 2.05) is 13.0 Å². The van der Waals surface area contributed by atoms with Gasteiger partial charge < -0.3 is 4.90 Å². The van der Waals surface area contributed by atoms with Crippen molar-refractivity contribution in [2.24, 2.45) is 0 Å². The third-order valence-electron chi connectivity index (χ3n) is 4.67. The van der Waals surface area contributed by atoms with Crippen LogP contribution in [0.5, 0.6) is 0 Å². The number of carbonyl (C=O) groups is 1. The summed E-state index contributed by atoms with van der Waals surface area (Å²) in [6, 6.07) is 12.9. The zero-order valence-corrected chi connectivity index (χ0v) is 14.9. The van der Waals surface area contributed by atoms with Crippen LogP contribution in [0.2, 0.25) is 0 Å². The molecule has 1 amide bonds. The van der Waals surface area contributed by atoms with Crippen LogP contribution in [0, 0.1) is 12.7 Å². The first kappa shape index (κ1) is 17.8. The molecule has 0 saturated heterocycles. The molecule has 0 spiro atoms. The predicted octanol–water partition coefficient (Wildman–Crippen LogP) is 3.06. The number of aryl methyl sites for hydroxylation is 1. The smallest absolute Gasteiger partial charge is 0.261 e. The molecule has 1 aromatic heterocycles. The van der Waals surface area contributed by atoms with Crippen molar-refractivity contribution in [3.8, 4) is 0 Å². The van der Waals surface area contributed by atoms with Gasteiger partial charge in [0.1, 0.15) is 18.2 Å². The number of halogens is 1. The number of hydrogen-bond donors (Lipinski definition) is 0. The molecule has 0 aliphatic rings. The summed E-state index contributed by atoms with van der Waals surface area (Å²) in [6.45, 7) is 3.48. The number of nitrogens with zero attached hydrogens (tertiary/aromatic N) is 3. The number of carbonyl (C=O) groups excluding carboxylic acids is 1. The second-order valence-electron chi connectivity index (χ2n) is 6.30. The fourth-order valence-electron chi connectivity index (χ4n) is 2.89. The summed E-state index contributed by atoms with van der Waals surface area (Å²) in [4.78, 5) is 31.4. The van der Waals surface area contributed by atoms with E-state index in [1.54, 1.807) is 49.2 Å². The Bertz CT molecular complexity index is 1010. The van der Waals surface area contributed by atoms with Crippen molar-refractivity contribution in [1.82, 2.24) is 14.5 Å². The van der Waals surface area contributed by atoms with Crippen molar-refractivity contribution in [2.45, 2.75) is 26.4 Å². The lowest BCUT2D eigenvalue weighted by atomic mass is 10.1. The molecule has 2 aromatic carbocycles. The van der Waals surface area contributed by atoms with E-state index in [-0.39, 0.29) is 29.9 Å². The Morgan fingerprint density at radius 2 is 1.85 bits per heavy atom. The molecular formula is C20H20FN3O2. The largest absolute Gasteiger partial charge is 0.337 e. The number of benzene rings is 2. The maximum atomic E-state index is 13.1. The van der Waals surface area contributed by atoms with E-state index in [9.17, 15) is 14.0 Å². The summed E-state index contributed by atoms with van der Waals surface area (Å²) in [7, 11) is 1.67. The standard InChI is InChI=1S/C20H20FN3O2/c1-13(15-8-10-16(21)11-9-15)23(3)19(25)12-24-14(2)22-18-7-5-4-6-17(18)20(24)26/h4-11,13H,12H2,1-3H3/t13-/m1/s1. The average molecular weight is 353 g/mol. The van der Waals surface area contributed by atoms with Crippen molar-refractivity contribution in [3.63, 3.8) is 0 Å². The zero-order valence-electron chi connectivity index (χ0n) is 14.9. The number of fused-ring (bicyclic) bond motifs is 1. The highest BCUT2D eigenvalue weighted by Crippen LogP contribution is 2.19. The van der Waals surface area contributed by atoms with Gasteiger partial charge in [-0.1, -0.05) is 24.3 Å². The molecular weight excluding hydrogens is 333 g/mol. The van der Waals surface area contributed by atoms with Crippen LogP contribution >= 0.6 is 0 Å². The van der Waals surface area contributed by atoms with E-state index in [0.717, 1.165) is 5.56 Å². The molecule has 1 atom stereocenters. The first-order chi connectivity index (χ1) is 12.4. The predicted molar refractivity (Wildman–Crippen MR) is 98.3 cm³/mol. The van der Waals surface area contributed by atoms with Crippen LogP contribution < -0.4 is 5.56 Å². The molecule has 0 bridgehead atoms. The highest BCUT2D eigenvalue weighted by Gasteiger charge is 2.19. The Labute approximate surface area is 150 Å². The van der Waals surface area contributed by atoms with Gasteiger partial charge in [0.15, 0.2) is 0 Å². The number of hydrogen-bond acceptors (Lipinski definition) is 3. The monoisotopic (exact) mass is 353 g/mol. The van der Waals surface area contributed by atoms with Gasteiger partial charge in [0.25, 0.3) is 5.56 Å². The van der Waals surface area contributed by atoms with Gasteiger partial charge in [-0.05, 0) is 43.7 Å². The Balaban J connectivity index is 1.86. The average Bonchev–Trinajstić information content (AvgIpc) is 2.64. The first-order valence-electron chi connectivity index (χ1n) is 8.36. The van der Waals surface area contributed by atoms with Gasteiger partial charge >= 0.3 is 0 Å². The molecule has 5 nitrogen and oxygen atoms in total. The molecule has 26 heavy (non-hydrogen) atoms. The molecule has 0 aliphatic heterocycles. The van der Waals surface area contributed by atoms with Crippen LogP contribution in [0.1, 0.15) is 24.4 Å². The molecule has 0 aliphatic carbocycles. The highest BCUT2D eigenvalue weighted by atomic mass is 19.1. The van der Waals surface area contributed by atoms with E-state index in [1.165, 1.54) is 16.7 Å². The first-order valence-corrected chi connectivity index (χ1v) is 8.36. The third kappa shape index (κ3) is 3.35. The molecule has 0 N–H and O–H groups in total. The van der Waals surface area contributed by atoms with Gasteiger partial charge in [0, 0.05) is 7.05 Å². The molecule has 0 unspecified atom stereocenters. The number of likely N-dealkylation sites (N-methyl/N-ethyl adjacent to an activating group) is 1.